The first-order chi connectivity index (χ1) is 15.0. The maximum absolute atomic E-state index is 13.4. The number of halogens is 6. The van der Waals surface area contributed by atoms with Gasteiger partial charge in [-0.3, -0.25) is 9.35 Å². The standard InChI is InChI=1S/C19H24BF6NO6S/c1-16(2,3)8-14(28)27(4)13-6-5-11(7-12(13)9-20)15(29)33-17(18(21,22)23,19(24,25)26)10-34(30,31)32/h5-7H,8-10,20H2,1-4H3,(H,30,31,32). The topological polar surface area (TPSA) is 101 Å². The third-order valence-corrected chi connectivity index (χ3v) is 5.45. The zero-order valence-electron chi connectivity index (χ0n) is 19.0. The Morgan fingerprint density at radius 3 is 1.94 bits per heavy atom. The van der Waals surface area contributed by atoms with Crippen LogP contribution in [0.2, 0.25) is 0 Å². The Morgan fingerprint density at radius 2 is 1.56 bits per heavy atom. The summed E-state index contributed by atoms with van der Waals surface area (Å²) in [6.07, 6.45) is -12.6. The number of rotatable bonds is 7. The van der Waals surface area contributed by atoms with Crippen LogP contribution >= 0.6 is 0 Å². The fraction of sp³-hybridized carbons (Fsp3) is 0.579. The summed E-state index contributed by atoms with van der Waals surface area (Å²) < 4.78 is 115. The minimum Gasteiger partial charge on any atom is -0.435 e. The Labute approximate surface area is 193 Å². The molecule has 192 valence electrons. The smallest absolute Gasteiger partial charge is 0.435 e. The van der Waals surface area contributed by atoms with E-state index in [9.17, 15) is 44.3 Å². The fourth-order valence-corrected chi connectivity index (χ4v) is 3.87. The molecule has 34 heavy (non-hydrogen) atoms. The van der Waals surface area contributed by atoms with E-state index in [1.54, 1.807) is 7.85 Å². The minimum atomic E-state index is -6.43. The van der Waals surface area contributed by atoms with Gasteiger partial charge in [0, 0.05) is 19.2 Å². The number of carbonyl (C=O) groups is 2. The van der Waals surface area contributed by atoms with Crippen LogP contribution in [0.5, 0.6) is 0 Å². The van der Waals surface area contributed by atoms with Crippen molar-refractivity contribution in [3.8, 4) is 0 Å². The molecule has 0 atom stereocenters. The number of anilines is 1. The highest BCUT2D eigenvalue weighted by Crippen LogP contribution is 2.47. The van der Waals surface area contributed by atoms with Crippen molar-refractivity contribution >= 4 is 35.5 Å². The van der Waals surface area contributed by atoms with Gasteiger partial charge < -0.3 is 9.64 Å². The third kappa shape index (κ3) is 7.11. The van der Waals surface area contributed by atoms with Gasteiger partial charge in [-0.1, -0.05) is 27.1 Å². The van der Waals surface area contributed by atoms with E-state index in [2.05, 4.69) is 4.74 Å². The molecule has 0 aliphatic heterocycles. The molecule has 0 radical (unpaired) electrons. The van der Waals surface area contributed by atoms with Crippen molar-refractivity contribution in [2.45, 2.75) is 51.5 Å². The van der Waals surface area contributed by atoms with Crippen LogP contribution in [0.15, 0.2) is 18.2 Å². The molecule has 1 amide bonds. The first kappa shape index (κ1) is 29.7. The molecule has 0 aliphatic rings. The van der Waals surface area contributed by atoms with Crippen LogP contribution in [0.1, 0.15) is 43.1 Å². The van der Waals surface area contributed by atoms with Gasteiger partial charge in [0.2, 0.25) is 5.91 Å². The Balaban J connectivity index is 3.46. The molecule has 1 N–H and O–H groups in total. The molecule has 7 nitrogen and oxygen atoms in total. The van der Waals surface area contributed by atoms with Crippen molar-refractivity contribution in [1.82, 2.24) is 0 Å². The molecular formula is C19H24BF6NO6S. The summed E-state index contributed by atoms with van der Waals surface area (Å²) in [6.45, 7) is 5.45. The van der Waals surface area contributed by atoms with E-state index >= 15 is 0 Å². The Kier molecular flexibility index (Phi) is 8.54. The van der Waals surface area contributed by atoms with Gasteiger partial charge in [0.15, 0.2) is 0 Å². The summed E-state index contributed by atoms with van der Waals surface area (Å²) in [4.78, 5) is 26.1. The zero-order valence-corrected chi connectivity index (χ0v) is 19.8. The second-order valence-corrected chi connectivity index (χ2v) is 10.3. The van der Waals surface area contributed by atoms with E-state index in [0.29, 0.717) is 0 Å². The number of carbonyl (C=O) groups excluding carboxylic acids is 2. The number of nitrogens with zero attached hydrogens (tertiary/aromatic N) is 1. The molecule has 0 saturated heterocycles. The van der Waals surface area contributed by atoms with Crippen LogP contribution in [0.3, 0.4) is 0 Å². The molecule has 1 aromatic rings. The van der Waals surface area contributed by atoms with Crippen LogP contribution in [0, 0.1) is 5.41 Å². The van der Waals surface area contributed by atoms with Gasteiger partial charge >= 0.3 is 23.9 Å². The number of hydrogen-bond acceptors (Lipinski definition) is 5. The molecule has 0 spiro atoms. The van der Waals surface area contributed by atoms with Crippen molar-refractivity contribution in [2.75, 3.05) is 17.7 Å². The van der Waals surface area contributed by atoms with Crippen LogP contribution < -0.4 is 4.90 Å². The summed E-state index contributed by atoms with van der Waals surface area (Å²) in [5, 5.41) is 0. The third-order valence-electron chi connectivity index (χ3n) is 4.68. The van der Waals surface area contributed by atoms with Gasteiger partial charge in [0.25, 0.3) is 10.1 Å². The summed E-state index contributed by atoms with van der Waals surface area (Å²) in [5.41, 5.74) is -6.12. The van der Waals surface area contributed by atoms with Gasteiger partial charge in [-0.05, 0) is 29.2 Å². The first-order valence-corrected chi connectivity index (χ1v) is 11.4. The monoisotopic (exact) mass is 519 g/mol. The van der Waals surface area contributed by atoms with E-state index in [1.807, 2.05) is 20.8 Å². The second kappa shape index (κ2) is 9.76. The van der Waals surface area contributed by atoms with Gasteiger partial charge in [-0.2, -0.15) is 34.8 Å². The summed E-state index contributed by atoms with van der Waals surface area (Å²) in [7, 11) is -2.90. The normalized spacial score (nSPS) is 13.5. The highest BCUT2D eigenvalue weighted by molar-refractivity contribution is 7.85. The van der Waals surface area contributed by atoms with Crippen LogP contribution in [-0.4, -0.2) is 63.4 Å². The van der Waals surface area contributed by atoms with Crippen LogP contribution in [0.25, 0.3) is 0 Å². The van der Waals surface area contributed by atoms with Crippen molar-refractivity contribution < 1.29 is 53.6 Å². The Morgan fingerprint density at radius 1 is 1.06 bits per heavy atom. The van der Waals surface area contributed by atoms with E-state index in [1.165, 1.54) is 11.9 Å². The number of alkyl halides is 6. The van der Waals surface area contributed by atoms with Crippen molar-refractivity contribution in [3.63, 3.8) is 0 Å². The average Bonchev–Trinajstić information content (AvgIpc) is 2.61. The summed E-state index contributed by atoms with van der Waals surface area (Å²) in [6, 6.07) is 2.95. The van der Waals surface area contributed by atoms with Crippen molar-refractivity contribution in [1.29, 1.82) is 0 Å². The average molecular weight is 519 g/mol. The number of benzene rings is 1. The number of hydrogen-bond donors (Lipinski definition) is 1. The highest BCUT2D eigenvalue weighted by atomic mass is 32.2. The SMILES string of the molecule is BCc1cc(C(=O)OC(CS(=O)(=O)O)(C(F)(F)F)C(F)(F)F)ccc1N(C)C(=O)CC(C)(C)C. The Hall–Kier alpha value is -2.29. The lowest BCUT2D eigenvalue weighted by atomic mass is 9.90. The lowest BCUT2D eigenvalue weighted by Gasteiger charge is -2.35. The molecule has 0 bridgehead atoms. The first-order valence-electron chi connectivity index (χ1n) is 9.76. The number of ether oxygens (including phenoxy) is 1. The predicted molar refractivity (Wildman–Crippen MR) is 113 cm³/mol. The number of amides is 1. The van der Waals surface area contributed by atoms with E-state index in [0.717, 1.165) is 18.2 Å². The molecule has 0 aromatic heterocycles. The van der Waals surface area contributed by atoms with Crippen LogP contribution in [-0.2, 0) is 26.0 Å². The lowest BCUT2D eigenvalue weighted by molar-refractivity contribution is -0.356. The van der Waals surface area contributed by atoms with E-state index in [4.69, 9.17) is 4.55 Å². The quantitative estimate of drug-likeness (QED) is 0.257. The van der Waals surface area contributed by atoms with E-state index in [-0.39, 0.29) is 35.3 Å². The summed E-state index contributed by atoms with van der Waals surface area (Å²) >= 11 is 0. The molecule has 0 heterocycles. The second-order valence-electron chi connectivity index (χ2n) is 8.83. The van der Waals surface area contributed by atoms with Gasteiger partial charge in [0.05, 0.1) is 5.56 Å². The maximum Gasteiger partial charge on any atom is 0.438 e. The largest absolute Gasteiger partial charge is 0.438 e. The number of esters is 1. The van der Waals surface area contributed by atoms with Gasteiger partial charge in [-0.25, -0.2) is 4.79 Å². The minimum absolute atomic E-state index is 0.131. The molecular weight excluding hydrogens is 495 g/mol. The van der Waals surface area contributed by atoms with Crippen LogP contribution in [0.4, 0.5) is 32.0 Å². The zero-order chi connectivity index (χ0) is 26.9. The van der Waals surface area contributed by atoms with Gasteiger partial charge in [-0.15, -0.1) is 0 Å². The van der Waals surface area contributed by atoms with E-state index < -0.39 is 45.4 Å². The molecule has 0 unspecified atom stereocenters. The predicted octanol–water partition coefficient (Wildman–Crippen LogP) is 3.13. The lowest BCUT2D eigenvalue weighted by Crippen LogP contribution is -2.63. The maximum atomic E-state index is 13.4. The molecule has 0 aliphatic carbocycles. The molecule has 0 saturated carbocycles. The van der Waals surface area contributed by atoms with Gasteiger partial charge in [0.1, 0.15) is 13.6 Å². The summed E-state index contributed by atoms with van der Waals surface area (Å²) in [5.74, 6) is -5.41. The molecule has 0 fully saturated rings. The highest BCUT2D eigenvalue weighted by Gasteiger charge is 2.76. The molecule has 1 aromatic carbocycles. The fourth-order valence-electron chi connectivity index (χ4n) is 2.97. The Bertz CT molecular complexity index is 1020. The molecule has 1 rings (SSSR count). The van der Waals surface area contributed by atoms with Crippen molar-refractivity contribution in [3.05, 3.63) is 29.3 Å². The van der Waals surface area contributed by atoms with Crippen molar-refractivity contribution in [2.24, 2.45) is 5.41 Å². The molecule has 15 heteroatoms.